The summed E-state index contributed by atoms with van der Waals surface area (Å²) in [6.45, 7) is 2.16. The van der Waals surface area contributed by atoms with Gasteiger partial charge in [0.25, 0.3) is 0 Å². The van der Waals surface area contributed by atoms with E-state index in [0.29, 0.717) is 12.3 Å². The number of anilines is 1. The van der Waals surface area contributed by atoms with Crippen LogP contribution in [0, 0.1) is 5.92 Å². The van der Waals surface area contributed by atoms with Gasteiger partial charge in [0.15, 0.2) is 0 Å². The summed E-state index contributed by atoms with van der Waals surface area (Å²) in [6, 6.07) is 5.55. The Balaban J connectivity index is 1.80. The third-order valence-corrected chi connectivity index (χ3v) is 4.23. The summed E-state index contributed by atoms with van der Waals surface area (Å²) in [7, 11) is 1.62. The van der Waals surface area contributed by atoms with Crippen LogP contribution >= 0.6 is 15.9 Å². The first-order valence-corrected chi connectivity index (χ1v) is 7.82. The highest BCUT2D eigenvalue weighted by atomic mass is 79.9. The first kappa shape index (κ1) is 15.3. The second-order valence-electron chi connectivity index (χ2n) is 5.15. The van der Waals surface area contributed by atoms with Crippen LogP contribution in [0.15, 0.2) is 22.7 Å². The second-order valence-corrected chi connectivity index (χ2v) is 6.00. The Labute approximate surface area is 128 Å². The molecule has 2 rings (SSSR count). The molecule has 1 atom stereocenters. The minimum atomic E-state index is 0.0765. The highest BCUT2D eigenvalue weighted by molar-refractivity contribution is 9.10. The van der Waals surface area contributed by atoms with Gasteiger partial charge in [0.2, 0.25) is 5.91 Å². The molecule has 4 nitrogen and oxygen atoms in total. The van der Waals surface area contributed by atoms with E-state index in [4.69, 9.17) is 4.74 Å². The number of carbonyl (C=O) groups is 1. The summed E-state index contributed by atoms with van der Waals surface area (Å²) >= 11 is 3.41. The largest absolute Gasteiger partial charge is 0.496 e. The van der Waals surface area contributed by atoms with Gasteiger partial charge < -0.3 is 15.4 Å². The molecule has 0 aromatic heterocycles. The highest BCUT2D eigenvalue weighted by Crippen LogP contribution is 2.27. The van der Waals surface area contributed by atoms with E-state index in [1.807, 2.05) is 18.2 Å². The lowest BCUT2D eigenvalue weighted by molar-refractivity contribution is -0.116. The molecule has 0 bridgehead atoms. The van der Waals surface area contributed by atoms with E-state index in [-0.39, 0.29) is 5.91 Å². The molecule has 2 N–H and O–H groups in total. The topological polar surface area (TPSA) is 50.4 Å². The van der Waals surface area contributed by atoms with Crippen LogP contribution in [0.3, 0.4) is 0 Å². The van der Waals surface area contributed by atoms with Crippen LogP contribution in [-0.2, 0) is 4.79 Å². The van der Waals surface area contributed by atoms with Crippen LogP contribution in [-0.4, -0.2) is 26.1 Å². The molecule has 1 aliphatic rings. The van der Waals surface area contributed by atoms with Crippen LogP contribution in [0.4, 0.5) is 5.69 Å². The van der Waals surface area contributed by atoms with Gasteiger partial charge in [0.05, 0.1) is 11.6 Å². The Morgan fingerprint density at radius 1 is 1.55 bits per heavy atom. The molecule has 0 radical (unpaired) electrons. The molecule has 0 spiro atoms. The predicted octanol–water partition coefficient (Wildman–Crippen LogP) is 3.18. The van der Waals surface area contributed by atoms with Crippen molar-refractivity contribution in [1.82, 2.24) is 5.32 Å². The maximum Gasteiger partial charge on any atom is 0.224 e. The summed E-state index contributed by atoms with van der Waals surface area (Å²) in [4.78, 5) is 11.9. The van der Waals surface area contributed by atoms with Crippen molar-refractivity contribution in [2.75, 3.05) is 25.5 Å². The molecule has 0 saturated carbocycles. The van der Waals surface area contributed by atoms with Crippen LogP contribution in [0.1, 0.15) is 25.7 Å². The molecule has 110 valence electrons. The fraction of sp³-hybridized carbons (Fsp3) is 0.533. The lowest BCUT2D eigenvalue weighted by Crippen LogP contribution is -2.30. The van der Waals surface area contributed by atoms with E-state index in [1.54, 1.807) is 7.11 Å². The van der Waals surface area contributed by atoms with Crippen molar-refractivity contribution < 1.29 is 9.53 Å². The lowest BCUT2D eigenvalue weighted by Gasteiger charge is -2.22. The third-order valence-electron chi connectivity index (χ3n) is 3.61. The van der Waals surface area contributed by atoms with Crippen LogP contribution < -0.4 is 15.4 Å². The molecule has 20 heavy (non-hydrogen) atoms. The molecule has 1 unspecified atom stereocenters. The summed E-state index contributed by atoms with van der Waals surface area (Å²) in [6.07, 6.45) is 3.98. The van der Waals surface area contributed by atoms with Gasteiger partial charge in [-0.1, -0.05) is 0 Å². The maximum atomic E-state index is 11.9. The average Bonchev–Trinajstić information content (AvgIpc) is 2.46. The maximum absolute atomic E-state index is 11.9. The van der Waals surface area contributed by atoms with Gasteiger partial charge in [0, 0.05) is 12.1 Å². The molecule has 1 aliphatic heterocycles. The summed E-state index contributed by atoms with van der Waals surface area (Å²) in [5, 5.41) is 6.31. The SMILES string of the molecule is COc1ccc(NC(=O)CCC2CCCNC2)cc1Br. The summed E-state index contributed by atoms with van der Waals surface area (Å²) in [5.41, 5.74) is 0.796. The van der Waals surface area contributed by atoms with Crippen LogP contribution in [0.2, 0.25) is 0 Å². The van der Waals surface area contributed by atoms with Gasteiger partial charge in [-0.2, -0.15) is 0 Å². The van der Waals surface area contributed by atoms with Gasteiger partial charge in [-0.15, -0.1) is 0 Å². The number of rotatable bonds is 5. The van der Waals surface area contributed by atoms with Crippen molar-refractivity contribution in [3.8, 4) is 5.75 Å². The zero-order valence-corrected chi connectivity index (χ0v) is 13.3. The standard InChI is InChI=1S/C15H21BrN2O2/c1-20-14-6-5-12(9-13(14)16)18-15(19)7-4-11-3-2-8-17-10-11/h5-6,9,11,17H,2-4,7-8,10H2,1H3,(H,18,19). The number of hydrogen-bond acceptors (Lipinski definition) is 3. The number of ether oxygens (including phenoxy) is 1. The Kier molecular flexibility index (Phi) is 5.86. The third kappa shape index (κ3) is 4.49. The zero-order valence-electron chi connectivity index (χ0n) is 11.7. The van der Waals surface area contributed by atoms with E-state index >= 15 is 0 Å². The molecule has 1 heterocycles. The zero-order chi connectivity index (χ0) is 14.4. The first-order valence-electron chi connectivity index (χ1n) is 7.03. The fourth-order valence-electron chi connectivity index (χ4n) is 2.47. The predicted molar refractivity (Wildman–Crippen MR) is 84.2 cm³/mol. The van der Waals surface area contributed by atoms with Crippen LogP contribution in [0.5, 0.6) is 5.75 Å². The van der Waals surface area contributed by atoms with Crippen molar-refractivity contribution in [2.45, 2.75) is 25.7 Å². The second kappa shape index (κ2) is 7.64. The van der Waals surface area contributed by atoms with Crippen molar-refractivity contribution in [3.63, 3.8) is 0 Å². The molecule has 1 aromatic carbocycles. The van der Waals surface area contributed by atoms with E-state index < -0.39 is 0 Å². The number of amides is 1. The molecular weight excluding hydrogens is 320 g/mol. The Morgan fingerprint density at radius 3 is 3.05 bits per heavy atom. The molecule has 1 aromatic rings. The van der Waals surface area contributed by atoms with Crippen molar-refractivity contribution >= 4 is 27.5 Å². The number of halogens is 1. The average molecular weight is 341 g/mol. The van der Waals surface area contributed by atoms with E-state index in [2.05, 4.69) is 26.6 Å². The number of hydrogen-bond donors (Lipinski definition) is 2. The highest BCUT2D eigenvalue weighted by Gasteiger charge is 2.14. The fourth-order valence-corrected chi connectivity index (χ4v) is 3.01. The van der Waals surface area contributed by atoms with Crippen LogP contribution in [0.25, 0.3) is 0 Å². The van der Waals surface area contributed by atoms with Gasteiger partial charge in [0.1, 0.15) is 5.75 Å². The molecule has 1 fully saturated rings. The van der Waals surface area contributed by atoms with Crippen molar-refractivity contribution in [3.05, 3.63) is 22.7 Å². The molecule has 0 aliphatic carbocycles. The Bertz CT molecular complexity index is 459. The number of methoxy groups -OCH3 is 1. The minimum absolute atomic E-state index is 0.0765. The van der Waals surface area contributed by atoms with Gasteiger partial charge >= 0.3 is 0 Å². The van der Waals surface area contributed by atoms with Gasteiger partial charge in [-0.25, -0.2) is 0 Å². The Morgan fingerprint density at radius 2 is 2.40 bits per heavy atom. The number of nitrogens with one attached hydrogen (secondary N) is 2. The summed E-state index contributed by atoms with van der Waals surface area (Å²) in [5.74, 6) is 1.47. The smallest absolute Gasteiger partial charge is 0.224 e. The number of carbonyl (C=O) groups excluding carboxylic acids is 1. The summed E-state index contributed by atoms with van der Waals surface area (Å²) < 4.78 is 6.01. The normalized spacial score (nSPS) is 18.6. The molecule has 1 saturated heterocycles. The molecule has 1 amide bonds. The van der Waals surface area contributed by atoms with Gasteiger partial charge in [-0.05, 0) is 72.4 Å². The minimum Gasteiger partial charge on any atom is -0.496 e. The quantitative estimate of drug-likeness (QED) is 0.865. The first-order chi connectivity index (χ1) is 9.69. The van der Waals surface area contributed by atoms with E-state index in [1.165, 1.54) is 12.8 Å². The molecular formula is C15H21BrN2O2. The molecule has 5 heteroatoms. The van der Waals surface area contributed by atoms with Crippen molar-refractivity contribution in [1.29, 1.82) is 0 Å². The lowest BCUT2D eigenvalue weighted by atomic mass is 9.94. The number of benzene rings is 1. The van der Waals surface area contributed by atoms with E-state index in [0.717, 1.165) is 35.4 Å². The van der Waals surface area contributed by atoms with E-state index in [9.17, 15) is 4.79 Å². The van der Waals surface area contributed by atoms with Crippen molar-refractivity contribution in [2.24, 2.45) is 5.92 Å². The Hall–Kier alpha value is -1.07. The van der Waals surface area contributed by atoms with Gasteiger partial charge in [-0.3, -0.25) is 4.79 Å². The monoisotopic (exact) mass is 340 g/mol. The number of piperidine rings is 1.